The first-order valence-corrected chi connectivity index (χ1v) is 6.81. The molecule has 6 nitrogen and oxygen atoms in total. The minimum Gasteiger partial charge on any atom is -0.489 e. The van der Waals surface area contributed by atoms with E-state index in [4.69, 9.17) is 26.2 Å². The molecule has 0 unspecified atom stereocenters. The van der Waals surface area contributed by atoms with Crippen LogP contribution in [0.2, 0.25) is 5.02 Å². The van der Waals surface area contributed by atoms with E-state index in [0.29, 0.717) is 35.4 Å². The van der Waals surface area contributed by atoms with Gasteiger partial charge in [0.15, 0.2) is 17.2 Å². The Kier molecular flexibility index (Phi) is 3.47. The maximum absolute atomic E-state index is 11.0. The number of carboxylic acid groups (broad SMARTS) is 1. The average molecular weight is 309 g/mol. The molecule has 3 rings (SSSR count). The molecule has 1 aromatic heterocycles. The van der Waals surface area contributed by atoms with Crippen LogP contribution >= 0.6 is 11.6 Å². The zero-order valence-corrected chi connectivity index (χ0v) is 12.1. The van der Waals surface area contributed by atoms with Gasteiger partial charge in [0.2, 0.25) is 0 Å². The molecule has 0 bridgehead atoms. The summed E-state index contributed by atoms with van der Waals surface area (Å²) in [4.78, 5) is 11.0. The fourth-order valence-electron chi connectivity index (χ4n) is 2.22. The number of carbonyl (C=O) groups is 1. The van der Waals surface area contributed by atoms with Crippen molar-refractivity contribution in [2.45, 2.75) is 6.42 Å². The normalized spacial score (nSPS) is 13.8. The smallest absolute Gasteiger partial charge is 0.356 e. The molecule has 0 spiro atoms. The summed E-state index contributed by atoms with van der Waals surface area (Å²) in [6, 6.07) is 5.00. The van der Waals surface area contributed by atoms with Crippen molar-refractivity contribution in [2.75, 3.05) is 13.2 Å². The maximum Gasteiger partial charge on any atom is 0.356 e. The molecule has 0 saturated carbocycles. The quantitative estimate of drug-likeness (QED) is 0.923. The summed E-state index contributed by atoms with van der Waals surface area (Å²) in [6.45, 7) is 1.11. The highest BCUT2D eigenvalue weighted by atomic mass is 35.5. The fourth-order valence-corrected chi connectivity index (χ4v) is 2.49. The summed E-state index contributed by atoms with van der Waals surface area (Å²) in [5, 5.41) is 13.4. The van der Waals surface area contributed by atoms with Crippen LogP contribution in [-0.2, 0) is 7.05 Å². The molecule has 0 atom stereocenters. The molecular formula is C14H13ClN2O4. The number of rotatable bonds is 2. The van der Waals surface area contributed by atoms with Crippen LogP contribution in [-0.4, -0.2) is 34.1 Å². The van der Waals surface area contributed by atoms with Crippen molar-refractivity contribution >= 4 is 17.6 Å². The number of aromatic carboxylic acids is 1. The monoisotopic (exact) mass is 308 g/mol. The lowest BCUT2D eigenvalue weighted by Gasteiger charge is -2.11. The summed E-state index contributed by atoms with van der Waals surface area (Å²) in [6.07, 6.45) is 0.787. The molecule has 0 amide bonds. The fraction of sp³-hybridized carbons (Fsp3) is 0.286. The molecule has 21 heavy (non-hydrogen) atoms. The first-order valence-electron chi connectivity index (χ1n) is 6.43. The van der Waals surface area contributed by atoms with Crippen LogP contribution in [0.25, 0.3) is 11.3 Å². The van der Waals surface area contributed by atoms with Gasteiger partial charge in [-0.1, -0.05) is 11.6 Å². The van der Waals surface area contributed by atoms with E-state index >= 15 is 0 Å². The van der Waals surface area contributed by atoms with Gasteiger partial charge in [-0.3, -0.25) is 4.68 Å². The van der Waals surface area contributed by atoms with Crippen LogP contribution < -0.4 is 9.47 Å². The lowest BCUT2D eigenvalue weighted by molar-refractivity contribution is 0.0689. The van der Waals surface area contributed by atoms with E-state index in [9.17, 15) is 4.79 Å². The number of benzene rings is 1. The Morgan fingerprint density at radius 2 is 2.10 bits per heavy atom. The third-order valence-corrected chi connectivity index (χ3v) is 3.48. The molecule has 2 heterocycles. The molecule has 0 radical (unpaired) electrons. The second-order valence-electron chi connectivity index (χ2n) is 4.68. The SMILES string of the molecule is Cn1nc(C(=O)O)cc1-c1cc(Cl)c2c(c1)OCCCO2. The zero-order chi connectivity index (χ0) is 15.0. The molecule has 0 aliphatic carbocycles. The van der Waals surface area contributed by atoms with Gasteiger partial charge in [-0.2, -0.15) is 5.10 Å². The number of ether oxygens (including phenoxy) is 2. The number of hydrogen-bond donors (Lipinski definition) is 1. The molecule has 1 aliphatic heterocycles. The average Bonchev–Trinajstić information content (AvgIpc) is 2.68. The Morgan fingerprint density at radius 1 is 1.33 bits per heavy atom. The highest BCUT2D eigenvalue weighted by Crippen LogP contribution is 2.40. The minimum absolute atomic E-state index is 0.0178. The minimum atomic E-state index is -1.07. The number of hydrogen-bond acceptors (Lipinski definition) is 4. The van der Waals surface area contributed by atoms with Crippen LogP contribution in [0.3, 0.4) is 0 Å². The molecule has 1 aromatic carbocycles. The summed E-state index contributed by atoms with van der Waals surface area (Å²) in [5.41, 5.74) is 1.35. The molecule has 0 fully saturated rings. The third-order valence-electron chi connectivity index (χ3n) is 3.20. The van der Waals surface area contributed by atoms with Crippen LogP contribution in [0.1, 0.15) is 16.9 Å². The van der Waals surface area contributed by atoms with Crippen molar-refractivity contribution < 1.29 is 19.4 Å². The molecule has 110 valence electrons. The molecule has 1 N–H and O–H groups in total. The van der Waals surface area contributed by atoms with Gasteiger partial charge < -0.3 is 14.6 Å². The highest BCUT2D eigenvalue weighted by molar-refractivity contribution is 6.32. The van der Waals surface area contributed by atoms with Crippen molar-refractivity contribution in [3.8, 4) is 22.8 Å². The maximum atomic E-state index is 11.0. The molecule has 1 aliphatic rings. The van der Waals surface area contributed by atoms with Crippen molar-refractivity contribution in [1.82, 2.24) is 9.78 Å². The van der Waals surface area contributed by atoms with Crippen LogP contribution in [0.15, 0.2) is 18.2 Å². The van der Waals surface area contributed by atoms with Gasteiger partial charge >= 0.3 is 5.97 Å². The predicted octanol–water partition coefficient (Wildman–Crippen LogP) is 2.60. The van der Waals surface area contributed by atoms with Crippen molar-refractivity contribution in [3.63, 3.8) is 0 Å². The highest BCUT2D eigenvalue weighted by Gasteiger charge is 2.19. The topological polar surface area (TPSA) is 73.6 Å². The van der Waals surface area contributed by atoms with E-state index < -0.39 is 5.97 Å². The van der Waals surface area contributed by atoms with Crippen molar-refractivity contribution in [1.29, 1.82) is 0 Å². The van der Waals surface area contributed by atoms with Crippen LogP contribution in [0.4, 0.5) is 0 Å². The van der Waals surface area contributed by atoms with Gasteiger partial charge in [0.05, 0.1) is 23.9 Å². The first kappa shape index (κ1) is 13.8. The standard InChI is InChI=1S/C14H13ClN2O4/c1-17-11(7-10(16-17)14(18)19)8-5-9(15)13-12(6-8)20-3-2-4-21-13/h5-7H,2-4H2,1H3,(H,18,19). The molecule has 0 saturated heterocycles. The van der Waals surface area contributed by atoms with E-state index in [1.54, 1.807) is 19.2 Å². The number of aryl methyl sites for hydroxylation is 1. The van der Waals surface area contributed by atoms with Crippen LogP contribution in [0, 0.1) is 0 Å². The van der Waals surface area contributed by atoms with Gasteiger partial charge in [0, 0.05) is 19.0 Å². The second kappa shape index (κ2) is 5.29. The molecule has 2 aromatic rings. The Hall–Kier alpha value is -2.21. The largest absolute Gasteiger partial charge is 0.489 e. The van der Waals surface area contributed by atoms with E-state index in [1.807, 2.05) is 0 Å². The van der Waals surface area contributed by atoms with Gasteiger partial charge in [-0.15, -0.1) is 0 Å². The van der Waals surface area contributed by atoms with E-state index in [2.05, 4.69) is 5.10 Å². The lowest BCUT2D eigenvalue weighted by Crippen LogP contribution is -1.99. The van der Waals surface area contributed by atoms with Gasteiger partial charge in [-0.25, -0.2) is 4.79 Å². The Labute approximate surface area is 125 Å². The van der Waals surface area contributed by atoms with Gasteiger partial charge in [-0.05, 0) is 18.2 Å². The number of halogens is 1. The van der Waals surface area contributed by atoms with Crippen LogP contribution in [0.5, 0.6) is 11.5 Å². The van der Waals surface area contributed by atoms with Crippen molar-refractivity contribution in [3.05, 3.63) is 28.9 Å². The molecule has 7 heteroatoms. The number of aromatic nitrogens is 2. The summed E-state index contributed by atoms with van der Waals surface area (Å²) in [7, 11) is 1.68. The predicted molar refractivity (Wildman–Crippen MR) is 76.2 cm³/mol. The Morgan fingerprint density at radius 3 is 2.81 bits per heavy atom. The number of fused-ring (bicyclic) bond motifs is 1. The van der Waals surface area contributed by atoms with E-state index in [0.717, 1.165) is 12.0 Å². The Balaban J connectivity index is 2.09. The lowest BCUT2D eigenvalue weighted by atomic mass is 10.1. The third kappa shape index (κ3) is 2.54. The number of carboxylic acids is 1. The summed E-state index contributed by atoms with van der Waals surface area (Å²) < 4.78 is 12.7. The van der Waals surface area contributed by atoms with Gasteiger partial charge in [0.25, 0.3) is 0 Å². The molecular weight excluding hydrogens is 296 g/mol. The van der Waals surface area contributed by atoms with E-state index in [1.165, 1.54) is 10.7 Å². The first-order chi connectivity index (χ1) is 10.1. The summed E-state index contributed by atoms with van der Waals surface area (Å²) >= 11 is 6.24. The zero-order valence-electron chi connectivity index (χ0n) is 11.3. The van der Waals surface area contributed by atoms with Crippen molar-refractivity contribution in [2.24, 2.45) is 7.05 Å². The number of nitrogens with zero attached hydrogens (tertiary/aromatic N) is 2. The summed E-state index contributed by atoms with van der Waals surface area (Å²) in [5.74, 6) is 0.0175. The van der Waals surface area contributed by atoms with Gasteiger partial charge in [0.1, 0.15) is 0 Å². The van der Waals surface area contributed by atoms with E-state index in [-0.39, 0.29) is 5.69 Å². The Bertz CT molecular complexity index is 711. The second-order valence-corrected chi connectivity index (χ2v) is 5.09.